The number of halogens is 1. The summed E-state index contributed by atoms with van der Waals surface area (Å²) in [6.07, 6.45) is 7.99. The first-order valence-electron chi connectivity index (χ1n) is 11.8. The third-order valence-corrected chi connectivity index (χ3v) is 8.18. The van der Waals surface area contributed by atoms with Gasteiger partial charge in [-0.25, -0.2) is 4.98 Å². The van der Waals surface area contributed by atoms with E-state index in [0.29, 0.717) is 19.4 Å². The van der Waals surface area contributed by atoms with Gasteiger partial charge in [0.05, 0.1) is 24.4 Å². The highest BCUT2D eigenvalue weighted by molar-refractivity contribution is 7.10. The van der Waals surface area contributed by atoms with Crippen LogP contribution in [-0.2, 0) is 30.6 Å². The summed E-state index contributed by atoms with van der Waals surface area (Å²) in [5.74, 6) is -0.415. The van der Waals surface area contributed by atoms with Crippen LogP contribution in [0.3, 0.4) is 0 Å². The number of rotatable bonds is 12. The second-order valence-electron chi connectivity index (χ2n) is 8.53. The van der Waals surface area contributed by atoms with E-state index in [9.17, 15) is 9.90 Å². The van der Waals surface area contributed by atoms with E-state index in [-0.39, 0.29) is 0 Å². The van der Waals surface area contributed by atoms with Gasteiger partial charge >= 0.3 is 5.97 Å². The second-order valence-corrected chi connectivity index (χ2v) is 11.0. The normalized spacial score (nSPS) is 12.7. The summed E-state index contributed by atoms with van der Waals surface area (Å²) in [5, 5.41) is 15.0. The molecule has 0 amide bonds. The summed E-state index contributed by atoms with van der Waals surface area (Å²) >= 11 is 9.75. The van der Waals surface area contributed by atoms with Crippen LogP contribution in [0.2, 0.25) is 5.02 Å². The van der Waals surface area contributed by atoms with Crippen LogP contribution in [0.15, 0.2) is 71.1 Å². The van der Waals surface area contributed by atoms with E-state index in [1.54, 1.807) is 22.7 Å². The van der Waals surface area contributed by atoms with Crippen LogP contribution < -0.4 is 0 Å². The number of nitrogens with zero attached hydrogens (tertiary/aromatic N) is 2. The second kappa shape index (κ2) is 12.3. The van der Waals surface area contributed by atoms with Crippen LogP contribution in [0.25, 0.3) is 6.08 Å². The fourth-order valence-corrected chi connectivity index (χ4v) is 5.83. The SMILES string of the molecule is CCCCc1ncc(C=C(Cc2cccs2)C(Cc2cccs2)C(=O)O)n1Cc1ccccc1Cl. The number of thiophene rings is 2. The molecule has 0 spiro atoms. The number of imidazole rings is 1. The highest BCUT2D eigenvalue weighted by Crippen LogP contribution is 2.28. The van der Waals surface area contributed by atoms with E-state index in [0.717, 1.165) is 56.7 Å². The molecule has 1 aromatic carbocycles. The van der Waals surface area contributed by atoms with Crippen molar-refractivity contribution in [2.75, 3.05) is 0 Å². The van der Waals surface area contributed by atoms with Gasteiger partial charge in [0, 0.05) is 27.6 Å². The van der Waals surface area contributed by atoms with Gasteiger partial charge in [0.15, 0.2) is 0 Å². The quantitative estimate of drug-likeness (QED) is 0.207. The molecule has 0 aliphatic carbocycles. The summed E-state index contributed by atoms with van der Waals surface area (Å²) in [4.78, 5) is 19.4. The smallest absolute Gasteiger partial charge is 0.311 e. The largest absolute Gasteiger partial charge is 0.481 e. The minimum Gasteiger partial charge on any atom is -0.481 e. The summed E-state index contributed by atoms with van der Waals surface area (Å²) in [6.45, 7) is 2.77. The average molecular weight is 525 g/mol. The Labute approximate surface area is 219 Å². The van der Waals surface area contributed by atoms with E-state index >= 15 is 0 Å². The molecule has 35 heavy (non-hydrogen) atoms. The van der Waals surface area contributed by atoms with Crippen molar-refractivity contribution in [3.8, 4) is 0 Å². The van der Waals surface area contributed by atoms with Crippen molar-refractivity contribution in [3.05, 3.63) is 103 Å². The zero-order valence-electron chi connectivity index (χ0n) is 19.7. The molecule has 0 radical (unpaired) electrons. The van der Waals surface area contributed by atoms with Gasteiger partial charge in [0.2, 0.25) is 0 Å². The third-order valence-electron chi connectivity index (χ3n) is 6.03. The molecular formula is C28H29ClN2O2S2. The topological polar surface area (TPSA) is 55.1 Å². The molecule has 1 atom stereocenters. The van der Waals surface area contributed by atoms with Gasteiger partial charge in [-0.1, -0.05) is 55.3 Å². The Bertz CT molecular complexity index is 1260. The van der Waals surface area contributed by atoms with Gasteiger partial charge in [-0.2, -0.15) is 0 Å². The first kappa shape index (κ1) is 25.4. The van der Waals surface area contributed by atoms with E-state index in [1.165, 1.54) is 0 Å². The summed E-state index contributed by atoms with van der Waals surface area (Å²) in [7, 11) is 0. The first-order chi connectivity index (χ1) is 17.0. The lowest BCUT2D eigenvalue weighted by Crippen LogP contribution is -2.20. The van der Waals surface area contributed by atoms with Crippen LogP contribution in [0.1, 0.15) is 46.6 Å². The summed E-state index contributed by atoms with van der Waals surface area (Å²) in [5.41, 5.74) is 2.82. The number of carboxylic acids is 1. The number of unbranched alkanes of at least 4 members (excludes halogenated alkanes) is 1. The number of hydrogen-bond donors (Lipinski definition) is 1. The molecule has 0 saturated heterocycles. The maximum absolute atomic E-state index is 12.5. The maximum atomic E-state index is 12.5. The minimum atomic E-state index is -0.801. The zero-order chi connectivity index (χ0) is 24.6. The molecule has 3 heterocycles. The number of hydrogen-bond acceptors (Lipinski definition) is 4. The number of carbonyl (C=O) groups is 1. The van der Waals surface area contributed by atoms with Crippen LogP contribution in [0.4, 0.5) is 0 Å². The van der Waals surface area contributed by atoms with Gasteiger partial charge in [-0.15, -0.1) is 22.7 Å². The highest BCUT2D eigenvalue weighted by atomic mass is 35.5. The summed E-state index contributed by atoms with van der Waals surface area (Å²) in [6, 6.07) is 15.9. The van der Waals surface area contributed by atoms with E-state index in [4.69, 9.17) is 16.6 Å². The van der Waals surface area contributed by atoms with Crippen molar-refractivity contribution in [1.29, 1.82) is 0 Å². The number of benzene rings is 1. The number of aryl methyl sites for hydroxylation is 1. The third kappa shape index (κ3) is 6.72. The fourth-order valence-electron chi connectivity index (χ4n) is 4.14. The van der Waals surface area contributed by atoms with Gasteiger partial charge in [0.1, 0.15) is 5.82 Å². The Morgan fingerprint density at radius 3 is 2.51 bits per heavy atom. The van der Waals surface area contributed by atoms with Crippen LogP contribution in [-0.4, -0.2) is 20.6 Å². The molecule has 1 N–H and O–H groups in total. The molecule has 7 heteroatoms. The molecule has 4 rings (SSSR count). The Balaban J connectivity index is 1.76. The molecule has 0 fully saturated rings. The van der Waals surface area contributed by atoms with Crippen molar-refractivity contribution >= 4 is 46.3 Å². The van der Waals surface area contributed by atoms with Gasteiger partial charge in [0.25, 0.3) is 0 Å². The van der Waals surface area contributed by atoms with Crippen molar-refractivity contribution in [3.63, 3.8) is 0 Å². The Morgan fingerprint density at radius 2 is 1.86 bits per heavy atom. The Hall–Kier alpha value is -2.67. The molecular weight excluding hydrogens is 496 g/mol. The van der Waals surface area contributed by atoms with Crippen molar-refractivity contribution in [2.24, 2.45) is 5.92 Å². The van der Waals surface area contributed by atoms with E-state index < -0.39 is 11.9 Å². The van der Waals surface area contributed by atoms with Gasteiger partial charge in [-0.05, 0) is 59.0 Å². The molecule has 182 valence electrons. The molecule has 0 aliphatic heterocycles. The zero-order valence-corrected chi connectivity index (χ0v) is 22.1. The lowest BCUT2D eigenvalue weighted by atomic mass is 9.91. The molecule has 4 aromatic rings. The van der Waals surface area contributed by atoms with E-state index in [1.807, 2.05) is 65.5 Å². The predicted molar refractivity (Wildman–Crippen MR) is 147 cm³/mol. The molecule has 4 nitrogen and oxygen atoms in total. The molecule has 1 unspecified atom stereocenters. The highest BCUT2D eigenvalue weighted by Gasteiger charge is 2.25. The molecule has 3 aromatic heterocycles. The number of aromatic nitrogens is 2. The fraction of sp³-hybridized carbons (Fsp3) is 0.286. The van der Waals surface area contributed by atoms with Crippen LogP contribution >= 0.6 is 34.3 Å². The predicted octanol–water partition coefficient (Wildman–Crippen LogP) is 7.62. The first-order valence-corrected chi connectivity index (χ1v) is 13.9. The molecule has 0 aliphatic rings. The monoisotopic (exact) mass is 524 g/mol. The van der Waals surface area contributed by atoms with Gasteiger partial charge < -0.3 is 9.67 Å². The standard InChI is InChI=1S/C28H29ClN2O2S2/c1-2-3-12-27-30-18-22(31(27)19-20-8-4-5-11-26(20)29)15-21(16-23-9-6-13-34-23)25(28(32)33)17-24-10-7-14-35-24/h4-11,13-15,18,25H,2-3,12,16-17,19H2,1H3,(H,32,33). The average Bonchev–Trinajstić information content (AvgIpc) is 3.61. The molecule has 0 bridgehead atoms. The lowest BCUT2D eigenvalue weighted by molar-refractivity contribution is -0.140. The number of aliphatic carboxylic acids is 1. The Morgan fingerprint density at radius 1 is 1.11 bits per heavy atom. The number of carboxylic acid groups (broad SMARTS) is 1. The minimum absolute atomic E-state index is 0.478. The Kier molecular flexibility index (Phi) is 8.96. The van der Waals surface area contributed by atoms with E-state index in [2.05, 4.69) is 17.6 Å². The van der Waals surface area contributed by atoms with Crippen LogP contribution in [0, 0.1) is 5.92 Å². The van der Waals surface area contributed by atoms with Crippen LogP contribution in [0.5, 0.6) is 0 Å². The van der Waals surface area contributed by atoms with Crippen molar-refractivity contribution < 1.29 is 9.90 Å². The van der Waals surface area contributed by atoms with Gasteiger partial charge in [-0.3, -0.25) is 4.79 Å². The lowest BCUT2D eigenvalue weighted by Gasteiger charge is -2.17. The maximum Gasteiger partial charge on any atom is 0.311 e. The van der Waals surface area contributed by atoms with Crippen molar-refractivity contribution in [1.82, 2.24) is 9.55 Å². The molecule has 0 saturated carbocycles. The van der Waals surface area contributed by atoms with Crippen molar-refractivity contribution in [2.45, 2.75) is 45.6 Å². The summed E-state index contributed by atoms with van der Waals surface area (Å²) < 4.78 is 2.19.